The predicted octanol–water partition coefficient (Wildman–Crippen LogP) is 8.43. The van der Waals surface area contributed by atoms with Gasteiger partial charge in [-0.05, 0) is 114 Å². The Morgan fingerprint density at radius 3 is 2.06 bits per heavy atom. The minimum atomic E-state index is -0.864. The van der Waals surface area contributed by atoms with Gasteiger partial charge < -0.3 is 25.1 Å². The van der Waals surface area contributed by atoms with Gasteiger partial charge in [0, 0.05) is 51.9 Å². The van der Waals surface area contributed by atoms with E-state index in [1.54, 1.807) is 23.1 Å². The lowest BCUT2D eigenvalue weighted by atomic mass is 9.69. The SMILES string of the molecule is C=CCCC(C(=O)NC)N1C(=O)c2cc3c(cc2C1=O)CN(C=O)C3.CC1CCCCC1.CN1CC(N(C)c2ccc(C3c4ccc(O)cc4CCC3c3ccccc3)cc2)C1. The molecule has 2 aliphatic carbocycles. The van der Waals surface area contributed by atoms with Crippen LogP contribution in [0.15, 0.2) is 97.6 Å². The summed E-state index contributed by atoms with van der Waals surface area (Å²) in [5, 5.41) is 12.5. The van der Waals surface area contributed by atoms with E-state index in [0.29, 0.717) is 60.7 Å². The molecular formula is C52H63N5O5. The molecule has 4 aromatic rings. The maximum atomic E-state index is 12.8. The number of nitrogens with zero attached hydrogens (tertiary/aromatic N) is 4. The Hall–Kier alpha value is -5.74. The highest BCUT2D eigenvalue weighted by Gasteiger charge is 2.43. The number of amides is 4. The molecule has 1 saturated carbocycles. The Morgan fingerprint density at radius 2 is 1.52 bits per heavy atom. The number of imide groups is 1. The Balaban J connectivity index is 0.000000163. The van der Waals surface area contributed by atoms with Crippen molar-refractivity contribution >= 4 is 29.8 Å². The molecule has 9 rings (SSSR count). The Bertz CT molecular complexity index is 2190. The van der Waals surface area contributed by atoms with Gasteiger partial charge in [0.05, 0.1) is 17.2 Å². The summed E-state index contributed by atoms with van der Waals surface area (Å²) < 4.78 is 0. The summed E-state index contributed by atoms with van der Waals surface area (Å²) in [5.41, 5.74) is 8.99. The number of hydrogen-bond acceptors (Lipinski definition) is 7. The summed E-state index contributed by atoms with van der Waals surface area (Å²) in [5.74, 6) is 0.853. The van der Waals surface area contributed by atoms with Crippen molar-refractivity contribution in [2.45, 2.75) is 102 Å². The first-order valence-electron chi connectivity index (χ1n) is 22.4. The van der Waals surface area contributed by atoms with Crippen molar-refractivity contribution in [2.24, 2.45) is 5.92 Å². The maximum Gasteiger partial charge on any atom is 0.262 e. The lowest BCUT2D eigenvalue weighted by Crippen LogP contribution is -2.56. The average Bonchev–Trinajstić information content (AvgIpc) is 3.81. The van der Waals surface area contributed by atoms with Gasteiger partial charge in [-0.3, -0.25) is 24.1 Å². The van der Waals surface area contributed by atoms with Crippen LogP contribution in [0.3, 0.4) is 0 Å². The summed E-state index contributed by atoms with van der Waals surface area (Å²) in [6.07, 6.45) is 12.8. The highest BCUT2D eigenvalue weighted by Crippen LogP contribution is 2.47. The molecular weight excluding hydrogens is 775 g/mol. The van der Waals surface area contributed by atoms with Crippen molar-refractivity contribution in [2.75, 3.05) is 39.1 Å². The van der Waals surface area contributed by atoms with Crippen LogP contribution in [0, 0.1) is 5.92 Å². The lowest BCUT2D eigenvalue weighted by Gasteiger charge is -2.43. The van der Waals surface area contributed by atoms with Crippen molar-refractivity contribution in [1.29, 1.82) is 0 Å². The van der Waals surface area contributed by atoms with E-state index in [9.17, 15) is 24.3 Å². The third kappa shape index (κ3) is 9.65. The first-order valence-corrected chi connectivity index (χ1v) is 22.4. The van der Waals surface area contributed by atoms with Crippen LogP contribution in [0.25, 0.3) is 0 Å². The number of likely N-dealkylation sites (N-methyl/N-ethyl adjacent to an activating group) is 3. The quantitative estimate of drug-likeness (QED) is 0.0937. The van der Waals surface area contributed by atoms with Gasteiger partial charge in [0.25, 0.3) is 11.8 Å². The number of aromatic hydroxyl groups is 1. The summed E-state index contributed by atoms with van der Waals surface area (Å²) in [4.78, 5) is 56.1. The maximum absolute atomic E-state index is 12.8. The predicted molar refractivity (Wildman–Crippen MR) is 245 cm³/mol. The van der Waals surface area contributed by atoms with Crippen molar-refractivity contribution in [1.82, 2.24) is 20.0 Å². The topological polar surface area (TPSA) is 113 Å². The van der Waals surface area contributed by atoms with Crippen molar-refractivity contribution < 1.29 is 24.3 Å². The molecule has 1 saturated heterocycles. The normalized spacial score (nSPS) is 20.0. The van der Waals surface area contributed by atoms with Crippen molar-refractivity contribution in [3.8, 4) is 5.75 Å². The second kappa shape index (κ2) is 20.0. The van der Waals surface area contributed by atoms with Gasteiger partial charge in [0.2, 0.25) is 12.3 Å². The van der Waals surface area contributed by atoms with E-state index < -0.39 is 17.9 Å². The highest BCUT2D eigenvalue weighted by atomic mass is 16.3. The van der Waals surface area contributed by atoms with Crippen LogP contribution in [-0.2, 0) is 29.1 Å². The number of carbonyl (C=O) groups excluding carboxylic acids is 4. The number of nitrogens with one attached hydrogen (secondary N) is 1. The number of carbonyl (C=O) groups is 4. The van der Waals surface area contributed by atoms with Crippen LogP contribution in [-0.4, -0.2) is 90.3 Å². The van der Waals surface area contributed by atoms with Crippen LogP contribution in [0.5, 0.6) is 5.75 Å². The molecule has 2 N–H and O–H groups in total. The summed E-state index contributed by atoms with van der Waals surface area (Å²) >= 11 is 0. The monoisotopic (exact) mass is 837 g/mol. The molecule has 0 radical (unpaired) electrons. The molecule has 326 valence electrons. The van der Waals surface area contributed by atoms with E-state index in [-0.39, 0.29) is 5.91 Å². The van der Waals surface area contributed by atoms with Gasteiger partial charge in [-0.15, -0.1) is 6.58 Å². The zero-order valence-electron chi connectivity index (χ0n) is 36.9. The number of phenolic OH excluding ortho intramolecular Hbond substituents is 1. The van der Waals surface area contributed by atoms with Crippen LogP contribution in [0.4, 0.5) is 5.69 Å². The fraction of sp³-hybridized carbons (Fsp3) is 0.423. The summed E-state index contributed by atoms with van der Waals surface area (Å²) in [6.45, 7) is 9.09. The van der Waals surface area contributed by atoms with Crippen LogP contribution >= 0.6 is 0 Å². The van der Waals surface area contributed by atoms with Crippen LogP contribution in [0.1, 0.15) is 124 Å². The molecule has 2 fully saturated rings. The van der Waals surface area contributed by atoms with E-state index >= 15 is 0 Å². The molecule has 62 heavy (non-hydrogen) atoms. The Kier molecular flexibility index (Phi) is 14.3. The standard InChI is InChI=1S/C27H30N2O.C18H19N3O4.C7H14/c1-28-17-23(18-28)29(2)22-11-8-20(9-12-22)27-25(19-6-4-3-5-7-19)14-10-21-16-24(30)13-15-26(21)27;1-3-4-5-15(16(23)19-2)21-17(24)13-6-11-8-20(10-22)9-12(11)7-14(13)18(21)25;1-7-5-3-2-4-6-7/h3-9,11-13,15-16,23,25,27,30H,10,14,17-18H2,1-2H3;3,6-7,10,15H,1,4-5,8-9H2,2H3,(H,19,23);7H,2-6H2,1H3. The van der Waals surface area contributed by atoms with Gasteiger partial charge in [0.15, 0.2) is 0 Å². The number of allylic oxidation sites excluding steroid dienone is 1. The first kappa shape index (κ1) is 44.3. The molecule has 3 heterocycles. The number of aryl methyl sites for hydroxylation is 1. The second-order valence-corrected chi connectivity index (χ2v) is 17.9. The third-order valence-electron chi connectivity index (χ3n) is 13.6. The van der Waals surface area contributed by atoms with E-state index in [2.05, 4.69) is 103 Å². The molecule has 5 aliphatic rings. The fourth-order valence-corrected chi connectivity index (χ4v) is 9.98. The molecule has 3 atom stereocenters. The Labute approximate surface area is 367 Å². The van der Waals surface area contributed by atoms with Crippen molar-refractivity contribution in [3.05, 3.63) is 142 Å². The molecule has 3 aliphatic heterocycles. The van der Waals surface area contributed by atoms with Gasteiger partial charge in [-0.25, -0.2) is 0 Å². The molecule has 10 heteroatoms. The number of rotatable bonds is 10. The van der Waals surface area contributed by atoms with Crippen LogP contribution in [0.2, 0.25) is 0 Å². The molecule has 0 bridgehead atoms. The molecule has 4 amide bonds. The minimum Gasteiger partial charge on any atom is -0.508 e. The largest absolute Gasteiger partial charge is 0.508 e. The van der Waals surface area contributed by atoms with E-state index in [0.717, 1.165) is 54.3 Å². The number of anilines is 1. The van der Waals surface area contributed by atoms with E-state index in [4.69, 9.17) is 0 Å². The number of likely N-dealkylation sites (tertiary alicyclic amines) is 1. The zero-order chi connectivity index (χ0) is 43.9. The first-order chi connectivity index (χ1) is 30.0. The van der Waals surface area contributed by atoms with Gasteiger partial charge in [-0.2, -0.15) is 0 Å². The summed E-state index contributed by atoms with van der Waals surface area (Å²) in [7, 11) is 5.86. The lowest BCUT2D eigenvalue weighted by molar-refractivity contribution is -0.124. The minimum absolute atomic E-state index is 0.295. The smallest absolute Gasteiger partial charge is 0.262 e. The van der Waals surface area contributed by atoms with Gasteiger partial charge >= 0.3 is 0 Å². The Morgan fingerprint density at radius 1 is 0.871 bits per heavy atom. The number of hydrogen-bond donors (Lipinski definition) is 2. The summed E-state index contributed by atoms with van der Waals surface area (Å²) in [6, 6.07) is 29.1. The highest BCUT2D eigenvalue weighted by molar-refractivity contribution is 6.23. The average molecular weight is 838 g/mol. The molecule has 0 aromatic heterocycles. The van der Waals surface area contributed by atoms with Gasteiger partial charge in [-0.1, -0.05) is 93.6 Å². The molecule has 4 aromatic carbocycles. The molecule has 3 unspecified atom stereocenters. The van der Waals surface area contributed by atoms with Crippen molar-refractivity contribution in [3.63, 3.8) is 0 Å². The van der Waals surface area contributed by atoms with E-state index in [1.807, 2.05) is 12.1 Å². The number of benzene rings is 4. The second-order valence-electron chi connectivity index (χ2n) is 17.9. The van der Waals surface area contributed by atoms with Gasteiger partial charge in [0.1, 0.15) is 11.8 Å². The van der Waals surface area contributed by atoms with E-state index in [1.165, 1.54) is 67.1 Å². The fourth-order valence-electron chi connectivity index (χ4n) is 9.98. The molecule has 10 nitrogen and oxygen atoms in total. The third-order valence-corrected chi connectivity index (χ3v) is 13.6. The number of phenols is 1. The zero-order valence-corrected chi connectivity index (χ0v) is 36.9. The molecule has 0 spiro atoms. The number of fused-ring (bicyclic) bond motifs is 3. The van der Waals surface area contributed by atoms with Crippen LogP contribution < -0.4 is 10.2 Å².